The Bertz CT molecular complexity index is 1400. The predicted molar refractivity (Wildman–Crippen MR) is 140 cm³/mol. The molecule has 0 saturated heterocycles. The zero-order valence-electron chi connectivity index (χ0n) is 20.6. The van der Waals surface area contributed by atoms with Crippen LogP contribution in [0, 0.1) is 10.1 Å². The third-order valence-electron chi connectivity index (χ3n) is 5.76. The molecule has 37 heavy (non-hydrogen) atoms. The summed E-state index contributed by atoms with van der Waals surface area (Å²) in [5.41, 5.74) is 2.42. The number of nitrogens with one attached hydrogen (secondary N) is 2. The van der Waals surface area contributed by atoms with Gasteiger partial charge in [0.25, 0.3) is 11.2 Å². The number of H-pyrrole nitrogens is 1. The number of fused-ring (bicyclic) bond motifs is 1. The van der Waals surface area contributed by atoms with Crippen LogP contribution in [-0.2, 0) is 15.3 Å². The Labute approximate surface area is 217 Å². The molecule has 0 spiro atoms. The maximum atomic E-state index is 13.4. The fraction of sp³-hybridized carbons (Fsp3) is 0.269. The van der Waals surface area contributed by atoms with Gasteiger partial charge in [0.15, 0.2) is 5.16 Å². The van der Waals surface area contributed by atoms with Gasteiger partial charge in [0, 0.05) is 23.6 Å². The predicted octanol–water partition coefficient (Wildman–Crippen LogP) is 4.76. The van der Waals surface area contributed by atoms with Gasteiger partial charge in [-0.05, 0) is 44.0 Å². The van der Waals surface area contributed by atoms with Crippen LogP contribution in [0.1, 0.15) is 43.4 Å². The zero-order chi connectivity index (χ0) is 26.5. The van der Waals surface area contributed by atoms with E-state index in [9.17, 15) is 19.7 Å². The maximum Gasteiger partial charge on any atom is 0.336 e. The molecule has 2 aromatic carbocycles. The molecule has 1 aliphatic rings. The number of aromatic nitrogens is 2. The smallest absolute Gasteiger partial charge is 0.336 e. The van der Waals surface area contributed by atoms with E-state index >= 15 is 0 Å². The number of carbonyl (C=O) groups excluding carboxylic acids is 1. The number of ether oxygens (including phenoxy) is 2. The lowest BCUT2D eigenvalue weighted by Crippen LogP contribution is -2.31. The Morgan fingerprint density at radius 3 is 2.43 bits per heavy atom. The lowest BCUT2D eigenvalue weighted by atomic mass is 9.82. The summed E-state index contributed by atoms with van der Waals surface area (Å²) in [6.45, 7) is 6.10. The standard InChI is InChI=1S/C26H26N4O6S/c1-4-35-19-12-8-17(9-13-19)21-20(25(32)36-5-2)15(3)27-23-22(21)24(31)29-26(28-23)37-14-16-6-10-18(11-7-16)30(33)34/h6-13,21H,4-5,14H2,1-3H3,(H2,27,28,29,31). The number of hydrogen-bond acceptors (Lipinski definition) is 9. The topological polar surface area (TPSA) is 136 Å². The molecule has 1 aliphatic heterocycles. The van der Waals surface area contributed by atoms with Gasteiger partial charge in [-0.25, -0.2) is 9.78 Å². The van der Waals surface area contributed by atoms with Crippen molar-refractivity contribution in [3.05, 3.63) is 97.0 Å². The van der Waals surface area contributed by atoms with Crippen LogP contribution in [0.5, 0.6) is 5.75 Å². The number of nitro benzene ring substituents is 1. The third kappa shape index (κ3) is 5.67. The minimum Gasteiger partial charge on any atom is -0.494 e. The molecule has 2 heterocycles. The van der Waals surface area contributed by atoms with Crippen LogP contribution in [0.2, 0.25) is 0 Å². The number of nitro groups is 1. The molecule has 1 unspecified atom stereocenters. The van der Waals surface area contributed by atoms with E-state index in [1.807, 2.05) is 19.1 Å². The lowest BCUT2D eigenvalue weighted by molar-refractivity contribution is -0.384. The second-order valence-corrected chi connectivity index (χ2v) is 9.13. The molecule has 1 atom stereocenters. The zero-order valence-corrected chi connectivity index (χ0v) is 21.4. The maximum absolute atomic E-state index is 13.4. The van der Waals surface area contributed by atoms with E-state index in [1.165, 1.54) is 23.9 Å². The van der Waals surface area contributed by atoms with Gasteiger partial charge in [0.05, 0.1) is 35.2 Å². The number of aromatic amines is 1. The SMILES string of the molecule is CCOC(=O)C1=C(C)Nc2nc(SCc3ccc([N+](=O)[O-])cc3)[nH]c(=O)c2C1c1ccc(OCC)cc1. The summed E-state index contributed by atoms with van der Waals surface area (Å²) in [6, 6.07) is 13.5. The molecule has 0 saturated carbocycles. The van der Waals surface area contributed by atoms with Crippen LogP contribution in [0.3, 0.4) is 0 Å². The number of anilines is 1. The molecule has 1 aromatic heterocycles. The molecule has 0 aliphatic carbocycles. The van der Waals surface area contributed by atoms with Crippen LogP contribution in [0.15, 0.2) is 69.8 Å². The van der Waals surface area contributed by atoms with E-state index in [0.29, 0.717) is 45.9 Å². The Kier molecular flexibility index (Phi) is 7.92. The number of rotatable bonds is 9. The fourth-order valence-corrected chi connectivity index (χ4v) is 4.92. The second-order valence-electron chi connectivity index (χ2n) is 8.16. The minimum atomic E-state index is -0.684. The molecule has 2 N–H and O–H groups in total. The van der Waals surface area contributed by atoms with Crippen LogP contribution < -0.4 is 15.6 Å². The van der Waals surface area contributed by atoms with Crippen molar-refractivity contribution in [1.82, 2.24) is 9.97 Å². The number of esters is 1. The summed E-state index contributed by atoms with van der Waals surface area (Å²) >= 11 is 1.29. The summed E-state index contributed by atoms with van der Waals surface area (Å²) in [4.78, 5) is 44.2. The summed E-state index contributed by atoms with van der Waals surface area (Å²) in [5.74, 6) is 0.303. The number of benzene rings is 2. The molecule has 3 aromatic rings. The van der Waals surface area contributed by atoms with Crippen molar-refractivity contribution in [2.24, 2.45) is 0 Å². The first-order valence-electron chi connectivity index (χ1n) is 11.7. The van der Waals surface area contributed by atoms with E-state index in [4.69, 9.17) is 9.47 Å². The molecular formula is C26H26N4O6S. The second kappa shape index (κ2) is 11.3. The quantitative estimate of drug-likeness (QED) is 0.134. The highest BCUT2D eigenvalue weighted by molar-refractivity contribution is 7.98. The van der Waals surface area contributed by atoms with Crippen LogP contribution in [0.4, 0.5) is 11.5 Å². The molecule has 0 amide bonds. The van der Waals surface area contributed by atoms with Gasteiger partial charge in [0.1, 0.15) is 11.6 Å². The van der Waals surface area contributed by atoms with E-state index < -0.39 is 16.8 Å². The number of hydrogen-bond donors (Lipinski definition) is 2. The number of nitrogens with zero attached hydrogens (tertiary/aromatic N) is 2. The molecule has 11 heteroatoms. The Balaban J connectivity index is 1.69. The normalized spacial score (nSPS) is 14.5. The van der Waals surface area contributed by atoms with Crippen molar-refractivity contribution in [2.45, 2.75) is 37.6 Å². The Morgan fingerprint density at radius 2 is 1.81 bits per heavy atom. The minimum absolute atomic E-state index is 0.0123. The molecule has 192 valence electrons. The van der Waals surface area contributed by atoms with E-state index in [0.717, 1.165) is 11.1 Å². The molecule has 10 nitrogen and oxygen atoms in total. The van der Waals surface area contributed by atoms with Crippen molar-refractivity contribution in [3.8, 4) is 5.75 Å². The average molecular weight is 523 g/mol. The van der Waals surface area contributed by atoms with Gasteiger partial charge in [-0.3, -0.25) is 14.9 Å². The molecule has 0 bridgehead atoms. The highest BCUT2D eigenvalue weighted by Crippen LogP contribution is 2.40. The molecular weight excluding hydrogens is 496 g/mol. The fourth-order valence-electron chi connectivity index (χ4n) is 4.10. The number of non-ortho nitro benzene ring substituents is 1. The summed E-state index contributed by atoms with van der Waals surface area (Å²) in [7, 11) is 0. The van der Waals surface area contributed by atoms with Crippen molar-refractivity contribution in [2.75, 3.05) is 18.5 Å². The van der Waals surface area contributed by atoms with Crippen molar-refractivity contribution in [1.29, 1.82) is 0 Å². The van der Waals surface area contributed by atoms with E-state index in [-0.39, 0.29) is 17.9 Å². The van der Waals surface area contributed by atoms with Crippen LogP contribution in [0.25, 0.3) is 0 Å². The van der Waals surface area contributed by atoms with Crippen molar-refractivity contribution < 1.29 is 19.2 Å². The summed E-state index contributed by atoms with van der Waals surface area (Å²) in [5, 5.41) is 14.4. The summed E-state index contributed by atoms with van der Waals surface area (Å²) < 4.78 is 10.9. The van der Waals surface area contributed by atoms with E-state index in [2.05, 4.69) is 15.3 Å². The van der Waals surface area contributed by atoms with Gasteiger partial charge in [-0.15, -0.1) is 0 Å². The molecule has 4 rings (SSSR count). The number of carbonyl (C=O) groups is 1. The largest absolute Gasteiger partial charge is 0.494 e. The van der Waals surface area contributed by atoms with Gasteiger partial charge in [0.2, 0.25) is 0 Å². The Morgan fingerprint density at radius 1 is 1.11 bits per heavy atom. The number of thioether (sulfide) groups is 1. The highest BCUT2D eigenvalue weighted by Gasteiger charge is 2.36. The Hall–Kier alpha value is -4.12. The first-order chi connectivity index (χ1) is 17.8. The van der Waals surface area contributed by atoms with E-state index in [1.54, 1.807) is 38.1 Å². The average Bonchev–Trinajstić information content (AvgIpc) is 2.87. The van der Waals surface area contributed by atoms with Gasteiger partial charge < -0.3 is 19.8 Å². The van der Waals surface area contributed by atoms with Gasteiger partial charge in [-0.1, -0.05) is 36.0 Å². The van der Waals surface area contributed by atoms with Gasteiger partial charge >= 0.3 is 5.97 Å². The van der Waals surface area contributed by atoms with Crippen molar-refractivity contribution >= 4 is 29.2 Å². The number of allylic oxidation sites excluding steroid dienone is 1. The van der Waals surface area contributed by atoms with Gasteiger partial charge in [-0.2, -0.15) is 0 Å². The third-order valence-corrected chi connectivity index (χ3v) is 6.71. The lowest BCUT2D eigenvalue weighted by Gasteiger charge is -2.29. The first-order valence-corrected chi connectivity index (χ1v) is 12.7. The van der Waals surface area contributed by atoms with Crippen LogP contribution >= 0.6 is 11.8 Å². The monoisotopic (exact) mass is 522 g/mol. The van der Waals surface area contributed by atoms with Crippen LogP contribution in [-0.4, -0.2) is 34.1 Å². The molecule has 0 radical (unpaired) electrons. The van der Waals surface area contributed by atoms with Crippen molar-refractivity contribution in [3.63, 3.8) is 0 Å². The summed E-state index contributed by atoms with van der Waals surface area (Å²) in [6.07, 6.45) is 0. The first kappa shape index (κ1) is 26.0. The highest BCUT2D eigenvalue weighted by atomic mass is 32.2. The molecule has 0 fully saturated rings.